The van der Waals surface area contributed by atoms with Crippen molar-refractivity contribution in [1.82, 2.24) is 4.90 Å². The molecule has 2 aliphatic rings. The third-order valence-electron chi connectivity index (χ3n) is 5.20. The third-order valence-corrected chi connectivity index (χ3v) is 5.20. The fraction of sp³-hybridized carbons (Fsp3) is 0.350. The van der Waals surface area contributed by atoms with Gasteiger partial charge in [0.15, 0.2) is 0 Å². The number of quaternary nitrogens is 1. The van der Waals surface area contributed by atoms with Crippen molar-refractivity contribution < 1.29 is 14.9 Å². The lowest BCUT2D eigenvalue weighted by Crippen LogP contribution is -2.62. The van der Waals surface area contributed by atoms with Crippen LogP contribution in [0.5, 0.6) is 0 Å². The Balaban J connectivity index is 1.57. The maximum Gasteiger partial charge on any atom is 0.226 e. The summed E-state index contributed by atoms with van der Waals surface area (Å²) >= 11 is 0. The van der Waals surface area contributed by atoms with Crippen molar-refractivity contribution in [1.29, 1.82) is 0 Å². The summed E-state index contributed by atoms with van der Waals surface area (Å²) in [5, 5.41) is 0. The quantitative estimate of drug-likeness (QED) is 0.926. The highest BCUT2D eigenvalue weighted by Gasteiger charge is 2.47. The van der Waals surface area contributed by atoms with Crippen LogP contribution in [0.15, 0.2) is 48.5 Å². The molecule has 0 spiro atoms. The largest absolute Gasteiger partial charge is 0.354 e. The normalized spacial score (nSPS) is 25.8. The van der Waals surface area contributed by atoms with Gasteiger partial charge >= 0.3 is 0 Å². The summed E-state index contributed by atoms with van der Waals surface area (Å²) in [5.74, 6) is 0.357. The Kier molecular flexibility index (Phi) is 3.85. The minimum atomic E-state index is -0.232. The molecule has 0 aromatic heterocycles. The van der Waals surface area contributed by atoms with Gasteiger partial charge in [0.05, 0.1) is 6.54 Å². The Morgan fingerprint density at radius 2 is 2.00 bits per heavy atom. The second-order valence-electron chi connectivity index (χ2n) is 6.99. The van der Waals surface area contributed by atoms with Crippen molar-refractivity contribution in [2.75, 3.05) is 13.1 Å². The molecular weight excluding hydrogens is 303 g/mol. The number of rotatable bonds is 3. The maximum atomic E-state index is 13.6. The summed E-state index contributed by atoms with van der Waals surface area (Å²) in [4.78, 5) is 14.6. The van der Waals surface area contributed by atoms with Gasteiger partial charge in [-0.3, -0.25) is 4.79 Å². The molecule has 124 valence electrons. The van der Waals surface area contributed by atoms with E-state index in [1.54, 1.807) is 12.1 Å². The summed E-state index contributed by atoms with van der Waals surface area (Å²) in [5.41, 5.74) is 7.13. The first-order chi connectivity index (χ1) is 11.6. The molecule has 1 saturated heterocycles. The summed E-state index contributed by atoms with van der Waals surface area (Å²) in [7, 11) is 0. The zero-order valence-electron chi connectivity index (χ0n) is 13.6. The van der Waals surface area contributed by atoms with Crippen LogP contribution in [0.25, 0.3) is 11.1 Å². The molecule has 1 aliphatic heterocycles. The van der Waals surface area contributed by atoms with Gasteiger partial charge in [-0.1, -0.05) is 36.4 Å². The summed E-state index contributed by atoms with van der Waals surface area (Å²) < 4.78 is 13.6. The Bertz CT molecular complexity index is 776. The zero-order chi connectivity index (χ0) is 16.7. The first kappa shape index (κ1) is 15.3. The van der Waals surface area contributed by atoms with Crippen LogP contribution in [0, 0.1) is 11.7 Å². The van der Waals surface area contributed by atoms with E-state index in [1.165, 1.54) is 6.07 Å². The number of nitrogens with zero attached hydrogens (tertiary/aromatic N) is 1. The van der Waals surface area contributed by atoms with E-state index in [0.717, 1.165) is 42.6 Å². The average molecular weight is 325 g/mol. The molecule has 1 heterocycles. The van der Waals surface area contributed by atoms with Crippen LogP contribution in [0.3, 0.4) is 0 Å². The predicted molar refractivity (Wildman–Crippen MR) is 90.6 cm³/mol. The Morgan fingerprint density at radius 1 is 1.17 bits per heavy atom. The second-order valence-corrected chi connectivity index (χ2v) is 6.99. The minimum absolute atomic E-state index is 0.0741. The highest BCUT2D eigenvalue weighted by atomic mass is 19.1. The van der Waals surface area contributed by atoms with Gasteiger partial charge in [0, 0.05) is 18.9 Å². The maximum absolute atomic E-state index is 13.6. The number of likely N-dealkylation sites (tertiary alicyclic amines) is 1. The first-order valence-electron chi connectivity index (χ1n) is 8.60. The molecule has 1 aliphatic carbocycles. The summed E-state index contributed by atoms with van der Waals surface area (Å²) in [6.45, 7) is 1.62. The predicted octanol–water partition coefficient (Wildman–Crippen LogP) is 2.44. The SMILES string of the molecule is [NH3+]C1CCN(C(=O)C2CC2c2ccccc2-c2cccc(F)c2)C1. The summed E-state index contributed by atoms with van der Waals surface area (Å²) in [6, 6.07) is 15.1. The molecular formula is C20H22FN2O+. The molecule has 3 nitrogen and oxygen atoms in total. The highest BCUT2D eigenvalue weighted by Crippen LogP contribution is 2.51. The molecule has 3 N–H and O–H groups in total. The Hall–Kier alpha value is -2.20. The highest BCUT2D eigenvalue weighted by molar-refractivity contribution is 5.84. The summed E-state index contributed by atoms with van der Waals surface area (Å²) in [6.07, 6.45) is 1.90. The molecule has 4 rings (SSSR count). The van der Waals surface area contributed by atoms with Crippen molar-refractivity contribution in [2.45, 2.75) is 24.8 Å². The van der Waals surface area contributed by atoms with Crippen LogP contribution < -0.4 is 5.73 Å². The second kappa shape index (κ2) is 6.02. The van der Waals surface area contributed by atoms with Gasteiger partial charge in [-0.05, 0) is 41.2 Å². The van der Waals surface area contributed by atoms with Gasteiger partial charge in [-0.25, -0.2) is 4.39 Å². The van der Waals surface area contributed by atoms with E-state index < -0.39 is 0 Å². The van der Waals surface area contributed by atoms with E-state index >= 15 is 0 Å². The van der Waals surface area contributed by atoms with E-state index in [2.05, 4.69) is 11.8 Å². The topological polar surface area (TPSA) is 48.0 Å². The van der Waals surface area contributed by atoms with Crippen LogP contribution in [0.1, 0.15) is 24.3 Å². The van der Waals surface area contributed by atoms with Gasteiger partial charge in [0.2, 0.25) is 5.91 Å². The Labute approximate surface area is 141 Å². The van der Waals surface area contributed by atoms with Crippen LogP contribution in [-0.2, 0) is 4.79 Å². The van der Waals surface area contributed by atoms with Crippen LogP contribution in [-0.4, -0.2) is 29.9 Å². The first-order valence-corrected chi connectivity index (χ1v) is 8.60. The average Bonchev–Trinajstić information content (AvgIpc) is 3.27. The molecule has 1 saturated carbocycles. The van der Waals surface area contributed by atoms with Crippen LogP contribution in [0.2, 0.25) is 0 Å². The molecule has 3 atom stereocenters. The molecule has 1 amide bonds. The fourth-order valence-corrected chi connectivity index (χ4v) is 3.82. The molecule has 2 aromatic carbocycles. The van der Waals surface area contributed by atoms with Crippen molar-refractivity contribution in [2.24, 2.45) is 5.92 Å². The van der Waals surface area contributed by atoms with Gasteiger partial charge < -0.3 is 10.6 Å². The molecule has 2 fully saturated rings. The lowest BCUT2D eigenvalue weighted by Gasteiger charge is -2.15. The third kappa shape index (κ3) is 2.82. The van der Waals surface area contributed by atoms with E-state index in [4.69, 9.17) is 0 Å². The number of amides is 1. The van der Waals surface area contributed by atoms with E-state index in [0.29, 0.717) is 6.04 Å². The van der Waals surface area contributed by atoms with Gasteiger partial charge in [0.25, 0.3) is 0 Å². The molecule has 2 aromatic rings. The monoisotopic (exact) mass is 325 g/mol. The smallest absolute Gasteiger partial charge is 0.226 e. The fourth-order valence-electron chi connectivity index (χ4n) is 3.82. The molecule has 0 bridgehead atoms. The minimum Gasteiger partial charge on any atom is -0.354 e. The lowest BCUT2D eigenvalue weighted by molar-refractivity contribution is -0.414. The van der Waals surface area contributed by atoms with E-state index in [1.807, 2.05) is 29.2 Å². The van der Waals surface area contributed by atoms with Crippen molar-refractivity contribution in [3.8, 4) is 11.1 Å². The van der Waals surface area contributed by atoms with Crippen LogP contribution in [0.4, 0.5) is 4.39 Å². The number of carbonyl (C=O) groups is 1. The molecule has 0 radical (unpaired) electrons. The van der Waals surface area contributed by atoms with Crippen molar-refractivity contribution in [3.05, 3.63) is 59.9 Å². The molecule has 3 unspecified atom stereocenters. The van der Waals surface area contributed by atoms with Crippen molar-refractivity contribution in [3.63, 3.8) is 0 Å². The van der Waals surface area contributed by atoms with E-state index in [9.17, 15) is 9.18 Å². The number of carbonyl (C=O) groups excluding carboxylic acids is 1. The Morgan fingerprint density at radius 3 is 2.75 bits per heavy atom. The molecule has 24 heavy (non-hydrogen) atoms. The van der Waals surface area contributed by atoms with Gasteiger partial charge in [0.1, 0.15) is 11.9 Å². The number of halogens is 1. The molecule has 4 heteroatoms. The standard InChI is InChI=1S/C20H21FN2O/c21-14-5-3-4-13(10-14)16-6-1-2-7-17(16)18-11-19(18)20(24)23-9-8-15(22)12-23/h1-7,10,15,18-19H,8-9,11-12,22H2/p+1. The lowest BCUT2D eigenvalue weighted by atomic mass is 9.96. The van der Waals surface area contributed by atoms with Gasteiger partial charge in [-0.15, -0.1) is 0 Å². The zero-order valence-corrected chi connectivity index (χ0v) is 13.6. The van der Waals surface area contributed by atoms with Crippen LogP contribution >= 0.6 is 0 Å². The number of hydrogen-bond acceptors (Lipinski definition) is 1. The van der Waals surface area contributed by atoms with Crippen molar-refractivity contribution >= 4 is 5.91 Å². The van der Waals surface area contributed by atoms with E-state index in [-0.39, 0.29) is 23.6 Å². The number of benzene rings is 2. The number of hydrogen-bond donors (Lipinski definition) is 1. The van der Waals surface area contributed by atoms with Gasteiger partial charge in [-0.2, -0.15) is 0 Å².